The fraction of sp³-hybridized carbons (Fsp3) is 0.438. The van der Waals surface area contributed by atoms with Crippen LogP contribution in [0.3, 0.4) is 0 Å². The highest BCUT2D eigenvalue weighted by Gasteiger charge is 2.15. The molecule has 0 aromatic heterocycles. The molecule has 0 saturated heterocycles. The topological polar surface area (TPSA) is 46.5 Å². The van der Waals surface area contributed by atoms with Crippen LogP contribution in [0.2, 0.25) is 0 Å². The van der Waals surface area contributed by atoms with E-state index in [9.17, 15) is 9.90 Å². The summed E-state index contributed by atoms with van der Waals surface area (Å²) in [5.74, 6) is -0.0598. The van der Waals surface area contributed by atoms with Crippen LogP contribution in [0.4, 0.5) is 0 Å². The minimum atomic E-state index is -0.759. The number of esters is 1. The number of aliphatic hydroxyl groups excluding tert-OH is 1. The van der Waals surface area contributed by atoms with Crippen LogP contribution < -0.4 is 0 Å². The second-order valence-corrected chi connectivity index (χ2v) is 7.06. The third-order valence-electron chi connectivity index (χ3n) is 3.03. The van der Waals surface area contributed by atoms with Crippen molar-refractivity contribution < 1.29 is 14.6 Å². The van der Waals surface area contributed by atoms with Crippen molar-refractivity contribution in [3.63, 3.8) is 0 Å². The number of benzene rings is 1. The summed E-state index contributed by atoms with van der Waals surface area (Å²) in [7, 11) is 0. The molecule has 1 unspecified atom stereocenters. The Morgan fingerprint density at radius 1 is 1.33 bits per heavy atom. The zero-order chi connectivity index (χ0) is 16.2. The van der Waals surface area contributed by atoms with Gasteiger partial charge in [0.2, 0.25) is 0 Å². The average molecular weight is 420 g/mol. The lowest BCUT2D eigenvalue weighted by Gasteiger charge is -2.16. The Morgan fingerprint density at radius 3 is 2.29 bits per heavy atom. The highest BCUT2D eigenvalue weighted by atomic mass is 79.9. The van der Waals surface area contributed by atoms with Crippen molar-refractivity contribution in [3.8, 4) is 0 Å². The molecule has 1 aromatic rings. The van der Waals surface area contributed by atoms with Gasteiger partial charge in [0.15, 0.2) is 0 Å². The van der Waals surface area contributed by atoms with Crippen LogP contribution in [-0.2, 0) is 16.0 Å². The lowest BCUT2D eigenvalue weighted by molar-refractivity contribution is -0.141. The third-order valence-corrected chi connectivity index (χ3v) is 4.44. The van der Waals surface area contributed by atoms with Gasteiger partial charge in [0.05, 0.1) is 6.10 Å². The van der Waals surface area contributed by atoms with Crippen molar-refractivity contribution in [2.75, 3.05) is 6.61 Å². The second kappa shape index (κ2) is 8.11. The summed E-state index contributed by atoms with van der Waals surface area (Å²) in [6.45, 7) is 9.28. The van der Waals surface area contributed by atoms with E-state index < -0.39 is 12.1 Å². The van der Waals surface area contributed by atoms with Crippen molar-refractivity contribution in [1.82, 2.24) is 0 Å². The fourth-order valence-electron chi connectivity index (χ4n) is 1.74. The molecule has 0 aliphatic heterocycles. The smallest absolute Gasteiger partial charge is 0.333 e. The molecule has 0 fully saturated rings. The Hall–Kier alpha value is -0.650. The maximum absolute atomic E-state index is 11.3. The Balaban J connectivity index is 2.74. The standard InChI is InChI=1S/C16H20Br2O3/c1-9(2)11-5-14(17)13(15(18)6-11)7-12(19)8-21-16(20)10(3)4/h5-6,9,12,19H,3,7-8H2,1-2,4H3. The Kier molecular flexibility index (Phi) is 7.10. The van der Waals surface area contributed by atoms with Gasteiger partial charge in [-0.15, -0.1) is 0 Å². The SMILES string of the molecule is C=C(C)C(=O)OCC(O)Cc1c(Br)cc(C(C)C)cc1Br. The first-order valence-electron chi connectivity index (χ1n) is 6.70. The predicted octanol–water partition coefficient (Wildman–Crippen LogP) is 4.36. The van der Waals surface area contributed by atoms with Crippen LogP contribution >= 0.6 is 31.9 Å². The Bertz CT molecular complexity index is 515. The molecule has 0 radical (unpaired) electrons. The summed E-state index contributed by atoms with van der Waals surface area (Å²) < 4.78 is 6.83. The van der Waals surface area contributed by atoms with Gasteiger partial charge in [-0.05, 0) is 36.1 Å². The molecule has 0 bridgehead atoms. The van der Waals surface area contributed by atoms with E-state index in [0.29, 0.717) is 17.9 Å². The molecular weight excluding hydrogens is 400 g/mol. The van der Waals surface area contributed by atoms with Crippen LogP contribution in [-0.4, -0.2) is 23.8 Å². The second-order valence-electron chi connectivity index (χ2n) is 5.35. The minimum absolute atomic E-state index is 0.0451. The number of carbonyl (C=O) groups is 1. The van der Waals surface area contributed by atoms with Gasteiger partial charge in [0.25, 0.3) is 0 Å². The van der Waals surface area contributed by atoms with Crippen LogP contribution in [0.15, 0.2) is 33.2 Å². The summed E-state index contributed by atoms with van der Waals surface area (Å²) in [6.07, 6.45) is -0.367. The minimum Gasteiger partial charge on any atom is -0.460 e. The summed E-state index contributed by atoms with van der Waals surface area (Å²) in [5, 5.41) is 10.0. The molecule has 3 nitrogen and oxygen atoms in total. The number of aliphatic hydroxyl groups is 1. The van der Waals surface area contributed by atoms with Gasteiger partial charge in [-0.25, -0.2) is 4.79 Å². The predicted molar refractivity (Wildman–Crippen MR) is 91.4 cm³/mol. The maximum atomic E-state index is 11.3. The van der Waals surface area contributed by atoms with Gasteiger partial charge >= 0.3 is 5.97 Å². The first-order chi connectivity index (χ1) is 9.72. The van der Waals surface area contributed by atoms with E-state index in [1.54, 1.807) is 6.92 Å². The van der Waals surface area contributed by atoms with Crippen LogP contribution in [0.1, 0.15) is 37.8 Å². The number of hydrogen-bond acceptors (Lipinski definition) is 3. The molecule has 1 aromatic carbocycles. The third kappa shape index (κ3) is 5.57. The van der Waals surface area contributed by atoms with Crippen molar-refractivity contribution >= 4 is 37.8 Å². The van der Waals surface area contributed by atoms with Crippen LogP contribution in [0.25, 0.3) is 0 Å². The summed E-state index contributed by atoms with van der Waals surface area (Å²) in [6, 6.07) is 4.11. The highest BCUT2D eigenvalue weighted by molar-refractivity contribution is 9.11. The normalized spacial score (nSPS) is 12.3. The average Bonchev–Trinajstić information content (AvgIpc) is 2.39. The van der Waals surface area contributed by atoms with E-state index in [0.717, 1.165) is 14.5 Å². The largest absolute Gasteiger partial charge is 0.460 e. The molecule has 21 heavy (non-hydrogen) atoms. The van der Waals surface area contributed by atoms with Crippen LogP contribution in [0.5, 0.6) is 0 Å². The first-order valence-corrected chi connectivity index (χ1v) is 8.29. The van der Waals surface area contributed by atoms with Gasteiger partial charge in [0, 0.05) is 20.9 Å². The molecule has 0 aliphatic rings. The van der Waals surface area contributed by atoms with Gasteiger partial charge in [-0.2, -0.15) is 0 Å². The molecule has 0 amide bonds. The lowest BCUT2D eigenvalue weighted by atomic mass is 10.00. The van der Waals surface area contributed by atoms with Crippen molar-refractivity contribution in [2.24, 2.45) is 0 Å². The molecule has 1 rings (SSSR count). The van der Waals surface area contributed by atoms with Crippen LogP contribution in [0, 0.1) is 0 Å². The van der Waals surface area contributed by atoms with E-state index in [-0.39, 0.29) is 6.61 Å². The zero-order valence-corrected chi connectivity index (χ0v) is 15.6. The monoisotopic (exact) mass is 418 g/mol. The van der Waals surface area contributed by atoms with Crippen molar-refractivity contribution in [1.29, 1.82) is 0 Å². The fourth-order valence-corrected chi connectivity index (χ4v) is 3.29. The highest BCUT2D eigenvalue weighted by Crippen LogP contribution is 2.31. The number of halogens is 2. The van der Waals surface area contributed by atoms with Crippen molar-refractivity contribution in [2.45, 2.75) is 39.2 Å². The molecule has 0 heterocycles. The lowest BCUT2D eigenvalue weighted by Crippen LogP contribution is -2.21. The molecule has 0 saturated carbocycles. The Labute approximate surface area is 142 Å². The molecule has 5 heteroatoms. The van der Waals surface area contributed by atoms with Crippen molar-refractivity contribution in [3.05, 3.63) is 44.4 Å². The number of ether oxygens (including phenoxy) is 1. The molecule has 0 spiro atoms. The Morgan fingerprint density at radius 2 is 1.86 bits per heavy atom. The number of carbonyl (C=O) groups excluding carboxylic acids is 1. The molecular formula is C16H20Br2O3. The molecule has 0 aliphatic carbocycles. The van der Waals surface area contributed by atoms with E-state index in [1.807, 2.05) is 0 Å². The summed E-state index contributed by atoms with van der Waals surface area (Å²) in [4.78, 5) is 11.3. The van der Waals surface area contributed by atoms with Gasteiger partial charge in [0.1, 0.15) is 6.61 Å². The van der Waals surface area contributed by atoms with E-state index in [1.165, 1.54) is 5.56 Å². The maximum Gasteiger partial charge on any atom is 0.333 e. The molecule has 1 atom stereocenters. The van der Waals surface area contributed by atoms with E-state index in [4.69, 9.17) is 4.74 Å². The van der Waals surface area contributed by atoms with Gasteiger partial charge in [-0.3, -0.25) is 0 Å². The van der Waals surface area contributed by atoms with Gasteiger partial charge < -0.3 is 9.84 Å². The summed E-state index contributed by atoms with van der Waals surface area (Å²) >= 11 is 7.07. The summed E-state index contributed by atoms with van der Waals surface area (Å²) in [5.41, 5.74) is 2.49. The number of hydrogen-bond donors (Lipinski definition) is 1. The number of rotatable bonds is 6. The first kappa shape index (κ1) is 18.4. The quantitative estimate of drug-likeness (QED) is 0.550. The zero-order valence-electron chi connectivity index (χ0n) is 12.5. The molecule has 1 N–H and O–H groups in total. The molecule has 116 valence electrons. The van der Waals surface area contributed by atoms with E-state index >= 15 is 0 Å². The van der Waals surface area contributed by atoms with Gasteiger partial charge in [-0.1, -0.05) is 52.3 Å². The van der Waals surface area contributed by atoms with E-state index in [2.05, 4.69) is 64.4 Å².